The highest BCUT2D eigenvalue weighted by Gasteiger charge is 2.41. The molecular weight excluding hydrogens is 404 g/mol. The van der Waals surface area contributed by atoms with Gasteiger partial charge < -0.3 is 24.4 Å². The van der Waals surface area contributed by atoms with Crippen molar-refractivity contribution in [2.24, 2.45) is 0 Å². The fraction of sp³-hybridized carbons (Fsp3) is 0.435. The first kappa shape index (κ1) is 22.4. The van der Waals surface area contributed by atoms with Crippen molar-refractivity contribution < 1.29 is 19.4 Å². The summed E-state index contributed by atoms with van der Waals surface area (Å²) < 4.78 is 11.7. The lowest BCUT2D eigenvalue weighted by molar-refractivity contribution is -0.0899. The van der Waals surface area contributed by atoms with E-state index in [1.54, 1.807) is 48.2 Å². The molecule has 3 rings (SSSR count). The van der Waals surface area contributed by atoms with Gasteiger partial charge in [-0.3, -0.25) is 4.79 Å². The maximum absolute atomic E-state index is 13.0. The van der Waals surface area contributed by atoms with Crippen LogP contribution in [0.4, 0.5) is 0 Å². The Morgan fingerprint density at radius 3 is 2.67 bits per heavy atom. The molecule has 0 radical (unpaired) electrons. The van der Waals surface area contributed by atoms with Crippen molar-refractivity contribution in [3.05, 3.63) is 59.1 Å². The topological polar surface area (TPSA) is 62.2 Å². The van der Waals surface area contributed by atoms with Crippen molar-refractivity contribution in [1.29, 1.82) is 0 Å². The van der Waals surface area contributed by atoms with Gasteiger partial charge in [0.05, 0.1) is 6.54 Å². The third-order valence-corrected chi connectivity index (χ3v) is 5.35. The zero-order chi connectivity index (χ0) is 21.7. The number of nitrogens with zero attached hydrogens (tertiary/aromatic N) is 2. The zero-order valence-electron chi connectivity index (χ0n) is 17.7. The first-order valence-electron chi connectivity index (χ1n) is 10.1. The lowest BCUT2D eigenvalue weighted by Crippen LogP contribution is -2.58. The Morgan fingerprint density at radius 1 is 1.23 bits per heavy atom. The summed E-state index contributed by atoms with van der Waals surface area (Å²) in [5.74, 6) is 1.14. The highest BCUT2D eigenvalue weighted by molar-refractivity contribution is 6.30. The van der Waals surface area contributed by atoms with Crippen LogP contribution in [0.5, 0.6) is 11.5 Å². The molecule has 1 N–H and O–H groups in total. The number of carbonyl (C=O) groups is 1. The number of likely N-dealkylation sites (tertiary alicyclic amines) is 1. The Hall–Kier alpha value is -2.28. The maximum atomic E-state index is 13.0. The highest BCUT2D eigenvalue weighted by Crippen LogP contribution is 2.28. The van der Waals surface area contributed by atoms with E-state index < -0.39 is 11.7 Å². The fourth-order valence-electron chi connectivity index (χ4n) is 3.46. The number of carbonyl (C=O) groups excluding carboxylic acids is 1. The Kier molecular flexibility index (Phi) is 7.23. The van der Waals surface area contributed by atoms with Crippen molar-refractivity contribution in [1.82, 2.24) is 9.80 Å². The molecule has 0 saturated carbocycles. The first-order chi connectivity index (χ1) is 14.2. The van der Waals surface area contributed by atoms with Crippen molar-refractivity contribution in [3.63, 3.8) is 0 Å². The molecule has 7 heteroatoms. The summed E-state index contributed by atoms with van der Waals surface area (Å²) in [6.07, 6.45) is 0.0882. The summed E-state index contributed by atoms with van der Waals surface area (Å²) in [7, 11) is 3.96. The minimum absolute atomic E-state index is 0.130. The molecule has 0 aliphatic carbocycles. The van der Waals surface area contributed by atoms with Crippen molar-refractivity contribution in [2.45, 2.75) is 25.0 Å². The zero-order valence-corrected chi connectivity index (χ0v) is 18.4. The number of hydrogen-bond donors (Lipinski definition) is 1. The number of benzene rings is 2. The summed E-state index contributed by atoms with van der Waals surface area (Å²) in [4.78, 5) is 16.7. The van der Waals surface area contributed by atoms with Crippen LogP contribution in [0.1, 0.15) is 23.7 Å². The second-order valence-corrected chi connectivity index (χ2v) is 8.55. The molecule has 1 heterocycles. The molecule has 1 aliphatic heterocycles. The Bertz CT molecular complexity index is 872. The van der Waals surface area contributed by atoms with E-state index >= 15 is 0 Å². The molecule has 1 aliphatic rings. The van der Waals surface area contributed by atoms with Crippen molar-refractivity contribution in [2.75, 3.05) is 40.3 Å². The average Bonchev–Trinajstić information content (AvgIpc) is 2.69. The van der Waals surface area contributed by atoms with E-state index in [0.717, 1.165) is 6.54 Å². The van der Waals surface area contributed by atoms with Crippen LogP contribution < -0.4 is 9.47 Å². The number of piperidine rings is 1. The fourth-order valence-corrected chi connectivity index (χ4v) is 3.64. The van der Waals surface area contributed by atoms with Crippen LogP contribution in [-0.2, 0) is 0 Å². The van der Waals surface area contributed by atoms with Crippen molar-refractivity contribution in [3.8, 4) is 11.5 Å². The van der Waals surface area contributed by atoms with E-state index in [1.807, 2.05) is 31.1 Å². The Morgan fingerprint density at radius 2 is 1.97 bits per heavy atom. The van der Waals surface area contributed by atoms with Crippen LogP contribution in [0.25, 0.3) is 0 Å². The maximum Gasteiger partial charge on any atom is 0.254 e. The molecule has 0 spiro atoms. The third-order valence-electron chi connectivity index (χ3n) is 5.12. The molecule has 30 heavy (non-hydrogen) atoms. The van der Waals surface area contributed by atoms with Crippen LogP contribution in [-0.4, -0.2) is 72.9 Å². The molecule has 0 aromatic heterocycles. The number of amides is 1. The molecule has 0 unspecified atom stereocenters. The van der Waals surface area contributed by atoms with Crippen LogP contribution in [0.2, 0.25) is 5.02 Å². The predicted molar refractivity (Wildman–Crippen MR) is 118 cm³/mol. The molecule has 6 nitrogen and oxygen atoms in total. The monoisotopic (exact) mass is 432 g/mol. The smallest absolute Gasteiger partial charge is 0.254 e. The van der Waals surface area contributed by atoms with Crippen LogP contribution in [0.15, 0.2) is 48.5 Å². The number of rotatable bonds is 7. The van der Waals surface area contributed by atoms with E-state index in [4.69, 9.17) is 21.1 Å². The van der Waals surface area contributed by atoms with Gasteiger partial charge in [0.15, 0.2) is 0 Å². The second kappa shape index (κ2) is 9.69. The average molecular weight is 433 g/mol. The van der Waals surface area contributed by atoms with E-state index in [0.29, 0.717) is 41.7 Å². The lowest BCUT2D eigenvalue weighted by atomic mass is 9.91. The molecule has 1 saturated heterocycles. The highest BCUT2D eigenvalue weighted by atomic mass is 35.5. The summed E-state index contributed by atoms with van der Waals surface area (Å²) >= 11 is 6.02. The van der Waals surface area contributed by atoms with Crippen LogP contribution in [0, 0.1) is 0 Å². The van der Waals surface area contributed by atoms with E-state index in [1.165, 1.54) is 0 Å². The molecule has 1 amide bonds. The van der Waals surface area contributed by atoms with Gasteiger partial charge in [0.25, 0.3) is 5.91 Å². The predicted octanol–water partition coefficient (Wildman–Crippen LogP) is 3.32. The number of hydrogen-bond acceptors (Lipinski definition) is 5. The number of aliphatic hydroxyl groups is 1. The molecular formula is C23H29ClN2O4. The number of ether oxygens (including phenoxy) is 2. The summed E-state index contributed by atoms with van der Waals surface area (Å²) in [5, 5.41) is 11.5. The van der Waals surface area contributed by atoms with Gasteiger partial charge in [0.2, 0.25) is 0 Å². The molecule has 162 valence electrons. The largest absolute Gasteiger partial charge is 0.492 e. The van der Waals surface area contributed by atoms with E-state index in [2.05, 4.69) is 0 Å². The number of likely N-dealkylation sites (N-methyl/N-ethyl adjacent to an activating group) is 1. The van der Waals surface area contributed by atoms with Crippen LogP contribution >= 0.6 is 11.6 Å². The Balaban J connectivity index is 1.63. The van der Waals surface area contributed by atoms with Gasteiger partial charge in [-0.05, 0) is 57.4 Å². The quantitative estimate of drug-likeness (QED) is 0.727. The molecule has 2 aromatic carbocycles. The molecule has 2 aromatic rings. The van der Waals surface area contributed by atoms with E-state index in [-0.39, 0.29) is 12.5 Å². The standard InChI is InChI=1S/C23H29ClN2O4/c1-23(28)16-26(11-10-21(23)30-20-9-5-7-18(24)15-20)22(27)17-6-4-8-19(14-17)29-13-12-25(2)3/h4-9,14-15,21,28H,10-13,16H2,1-3H3/t21-,23-/m0/s1. The van der Waals surface area contributed by atoms with Gasteiger partial charge >= 0.3 is 0 Å². The van der Waals surface area contributed by atoms with E-state index in [9.17, 15) is 9.90 Å². The van der Waals surface area contributed by atoms with Gasteiger partial charge in [-0.15, -0.1) is 0 Å². The Labute approximate surface area is 183 Å². The molecule has 2 atom stereocenters. The van der Waals surface area contributed by atoms with Crippen molar-refractivity contribution >= 4 is 17.5 Å². The second-order valence-electron chi connectivity index (χ2n) is 8.12. The number of halogens is 1. The number of β-amino-alcohol motifs (C(OH)–C–C–N with tert-alkyl or cyclic N) is 1. The molecule has 1 fully saturated rings. The lowest BCUT2D eigenvalue weighted by Gasteiger charge is -2.42. The summed E-state index contributed by atoms with van der Waals surface area (Å²) in [6.45, 7) is 3.71. The normalized spacial score (nSPS) is 21.5. The summed E-state index contributed by atoms with van der Waals surface area (Å²) in [5.41, 5.74) is -0.641. The van der Waals surface area contributed by atoms with Gasteiger partial charge in [-0.2, -0.15) is 0 Å². The minimum Gasteiger partial charge on any atom is -0.492 e. The minimum atomic E-state index is -1.18. The SMILES string of the molecule is CN(C)CCOc1cccc(C(=O)N2CC[C@H](Oc3cccc(Cl)c3)[C@@](C)(O)C2)c1. The van der Waals surface area contributed by atoms with Crippen LogP contribution in [0.3, 0.4) is 0 Å². The molecule has 0 bridgehead atoms. The van der Waals surface area contributed by atoms with Gasteiger partial charge in [0, 0.05) is 30.1 Å². The van der Waals surface area contributed by atoms with Gasteiger partial charge in [-0.25, -0.2) is 0 Å². The first-order valence-corrected chi connectivity index (χ1v) is 10.4. The van der Waals surface area contributed by atoms with Gasteiger partial charge in [-0.1, -0.05) is 23.7 Å². The third kappa shape index (κ3) is 5.88. The summed E-state index contributed by atoms with van der Waals surface area (Å²) in [6, 6.07) is 14.3. The van der Waals surface area contributed by atoms with Gasteiger partial charge in [0.1, 0.15) is 29.8 Å².